The van der Waals surface area contributed by atoms with Crippen molar-refractivity contribution in [3.8, 4) is 22.6 Å². The van der Waals surface area contributed by atoms with E-state index in [-0.39, 0.29) is 17.4 Å². The number of aryl methyl sites for hydroxylation is 1. The van der Waals surface area contributed by atoms with Gasteiger partial charge in [0.25, 0.3) is 0 Å². The molecule has 8 nitrogen and oxygen atoms in total. The molecule has 0 aliphatic heterocycles. The highest BCUT2D eigenvalue weighted by atomic mass is 16.5. The summed E-state index contributed by atoms with van der Waals surface area (Å²) in [6.07, 6.45) is 9.25. The van der Waals surface area contributed by atoms with Crippen LogP contribution in [0.15, 0.2) is 60.9 Å². The van der Waals surface area contributed by atoms with Gasteiger partial charge in [-0.15, -0.1) is 5.10 Å². The summed E-state index contributed by atoms with van der Waals surface area (Å²) >= 11 is 0. The second-order valence-electron chi connectivity index (χ2n) is 10.9. The van der Waals surface area contributed by atoms with Gasteiger partial charge in [-0.25, -0.2) is 9.48 Å². The van der Waals surface area contributed by atoms with E-state index in [1.807, 2.05) is 37.5 Å². The van der Waals surface area contributed by atoms with Crippen molar-refractivity contribution in [2.75, 3.05) is 6.61 Å². The number of aromatic carboxylic acids is 1. The van der Waals surface area contributed by atoms with Crippen LogP contribution in [0.5, 0.6) is 5.75 Å². The normalized spacial score (nSPS) is 22.8. The molecule has 0 saturated heterocycles. The molecule has 2 atom stereocenters. The van der Waals surface area contributed by atoms with E-state index < -0.39 is 5.97 Å². The number of carbonyl (C=O) groups is 1. The first kappa shape index (κ1) is 24.4. The van der Waals surface area contributed by atoms with Crippen molar-refractivity contribution in [2.45, 2.75) is 50.9 Å². The van der Waals surface area contributed by atoms with Gasteiger partial charge in [-0.05, 0) is 66.5 Å². The Morgan fingerprint density at radius 1 is 1.05 bits per heavy atom. The third-order valence-corrected chi connectivity index (χ3v) is 8.06. The highest BCUT2D eigenvalue weighted by molar-refractivity contribution is 5.89. The maximum Gasteiger partial charge on any atom is 0.339 e. The quantitative estimate of drug-likeness (QED) is 0.319. The molecular formula is C30H33N5O3. The lowest BCUT2D eigenvalue weighted by molar-refractivity contribution is 0.0695. The van der Waals surface area contributed by atoms with Gasteiger partial charge in [0.1, 0.15) is 11.3 Å². The second kappa shape index (κ2) is 10.1. The van der Waals surface area contributed by atoms with Crippen molar-refractivity contribution in [3.63, 3.8) is 0 Å². The number of nitrogens with zero attached hydrogens (tertiary/aromatic N) is 5. The minimum absolute atomic E-state index is 0.0310. The predicted molar refractivity (Wildman–Crippen MR) is 144 cm³/mol. The van der Waals surface area contributed by atoms with Crippen molar-refractivity contribution in [2.24, 2.45) is 18.9 Å². The van der Waals surface area contributed by atoms with Gasteiger partial charge in [0.05, 0.1) is 29.9 Å². The van der Waals surface area contributed by atoms with Gasteiger partial charge in [-0.3, -0.25) is 4.68 Å². The summed E-state index contributed by atoms with van der Waals surface area (Å²) in [5.74, 6) is 1.55. The van der Waals surface area contributed by atoms with Gasteiger partial charge in [0.2, 0.25) is 0 Å². The minimum atomic E-state index is -0.968. The van der Waals surface area contributed by atoms with Crippen LogP contribution in [-0.2, 0) is 7.05 Å². The molecule has 0 spiro atoms. The van der Waals surface area contributed by atoms with E-state index in [9.17, 15) is 9.90 Å². The second-order valence-corrected chi connectivity index (χ2v) is 10.9. The maximum atomic E-state index is 12.1. The summed E-state index contributed by atoms with van der Waals surface area (Å²) in [6, 6.07) is 16.3. The molecule has 8 heteroatoms. The molecule has 196 valence electrons. The summed E-state index contributed by atoms with van der Waals surface area (Å²) in [5.41, 5.74) is 4.74. The van der Waals surface area contributed by atoms with Crippen LogP contribution in [0.25, 0.3) is 16.8 Å². The van der Waals surface area contributed by atoms with E-state index in [1.165, 1.54) is 31.9 Å². The number of hydrogen-bond donors (Lipinski definition) is 1. The maximum absolute atomic E-state index is 12.1. The molecule has 2 aromatic carbocycles. The SMILES string of the molecule is Cn1cc([C@H]2C[C@@H]2c2c(C(=O)O)cnn2-c2cccc(-c3cccc(OC[C@H]4CC[C@H](C)CC4)c3)c2)nn1. The van der Waals surface area contributed by atoms with Crippen molar-refractivity contribution >= 4 is 5.97 Å². The molecule has 0 amide bonds. The highest BCUT2D eigenvalue weighted by Crippen LogP contribution is 2.55. The molecule has 0 radical (unpaired) electrons. The minimum Gasteiger partial charge on any atom is -0.493 e. The van der Waals surface area contributed by atoms with Crippen LogP contribution < -0.4 is 4.74 Å². The van der Waals surface area contributed by atoms with Crippen LogP contribution in [0, 0.1) is 11.8 Å². The van der Waals surface area contributed by atoms with Gasteiger partial charge >= 0.3 is 5.97 Å². The Morgan fingerprint density at radius 2 is 1.82 bits per heavy atom. The zero-order valence-corrected chi connectivity index (χ0v) is 21.8. The van der Waals surface area contributed by atoms with Crippen LogP contribution in [0.3, 0.4) is 0 Å². The topological polar surface area (TPSA) is 95.1 Å². The van der Waals surface area contributed by atoms with E-state index in [2.05, 4.69) is 46.6 Å². The monoisotopic (exact) mass is 511 g/mol. The molecule has 0 bridgehead atoms. The number of hydrogen-bond acceptors (Lipinski definition) is 5. The molecule has 6 rings (SSSR count). The smallest absolute Gasteiger partial charge is 0.339 e. The lowest BCUT2D eigenvalue weighted by atomic mass is 9.83. The lowest BCUT2D eigenvalue weighted by Crippen LogP contribution is -2.18. The highest BCUT2D eigenvalue weighted by Gasteiger charge is 2.46. The molecule has 2 aromatic heterocycles. The van der Waals surface area contributed by atoms with Crippen LogP contribution in [0.1, 0.15) is 72.6 Å². The summed E-state index contributed by atoms with van der Waals surface area (Å²) in [6.45, 7) is 3.10. The molecule has 2 saturated carbocycles. The molecule has 0 unspecified atom stereocenters. The molecule has 1 N–H and O–H groups in total. The Balaban J connectivity index is 1.24. The first-order chi connectivity index (χ1) is 18.5. The predicted octanol–water partition coefficient (Wildman–Crippen LogP) is 5.84. The van der Waals surface area contributed by atoms with E-state index in [1.54, 1.807) is 9.36 Å². The van der Waals surface area contributed by atoms with Gasteiger partial charge < -0.3 is 9.84 Å². The summed E-state index contributed by atoms with van der Waals surface area (Å²) < 4.78 is 9.66. The van der Waals surface area contributed by atoms with Gasteiger partial charge in [-0.1, -0.05) is 49.2 Å². The number of ether oxygens (including phenoxy) is 1. The zero-order chi connectivity index (χ0) is 26.2. The van der Waals surface area contributed by atoms with E-state index in [0.29, 0.717) is 11.6 Å². The van der Waals surface area contributed by atoms with Crippen LogP contribution in [-0.4, -0.2) is 42.5 Å². The van der Waals surface area contributed by atoms with Crippen LogP contribution in [0.4, 0.5) is 0 Å². The molecular weight excluding hydrogens is 478 g/mol. The number of carboxylic acids is 1. The number of aromatic nitrogens is 5. The first-order valence-corrected chi connectivity index (χ1v) is 13.5. The Morgan fingerprint density at radius 3 is 2.55 bits per heavy atom. The summed E-state index contributed by atoms with van der Waals surface area (Å²) in [7, 11) is 1.84. The summed E-state index contributed by atoms with van der Waals surface area (Å²) in [5, 5.41) is 22.7. The standard InChI is InChI=1S/C30H33N5O3/c1-19-9-11-20(12-10-19)18-38-24-8-4-6-22(14-24)21-5-3-7-23(13-21)35-29(27(16-31-35)30(36)37)26-15-25(26)28-17-34(2)33-32-28/h3-8,13-14,16-17,19-20,25-26H,9-12,15,18H2,1-2H3,(H,36,37)/t19-,20-,25-,26-/m0/s1. The first-order valence-electron chi connectivity index (χ1n) is 13.5. The Hall–Kier alpha value is -3.94. The molecule has 2 aliphatic carbocycles. The van der Waals surface area contributed by atoms with Crippen molar-refractivity contribution < 1.29 is 14.6 Å². The third-order valence-electron chi connectivity index (χ3n) is 8.06. The van der Waals surface area contributed by atoms with E-state index >= 15 is 0 Å². The molecule has 2 fully saturated rings. The fourth-order valence-electron chi connectivity index (χ4n) is 5.74. The van der Waals surface area contributed by atoms with Crippen LogP contribution in [0.2, 0.25) is 0 Å². The van der Waals surface area contributed by atoms with Gasteiger partial charge in [0, 0.05) is 25.1 Å². The van der Waals surface area contributed by atoms with E-state index in [0.717, 1.165) is 47.2 Å². The van der Waals surface area contributed by atoms with E-state index in [4.69, 9.17) is 4.74 Å². The largest absolute Gasteiger partial charge is 0.493 e. The fourth-order valence-corrected chi connectivity index (χ4v) is 5.74. The zero-order valence-electron chi connectivity index (χ0n) is 21.8. The number of rotatable bonds is 8. The Labute approximate surface area is 222 Å². The molecule has 38 heavy (non-hydrogen) atoms. The number of carboxylic acid groups (broad SMARTS) is 1. The average molecular weight is 512 g/mol. The fraction of sp³-hybridized carbons (Fsp3) is 0.400. The van der Waals surface area contributed by atoms with Crippen molar-refractivity contribution in [3.05, 3.63) is 77.9 Å². The van der Waals surface area contributed by atoms with Crippen molar-refractivity contribution in [1.29, 1.82) is 0 Å². The lowest BCUT2D eigenvalue weighted by Gasteiger charge is -2.26. The average Bonchev–Trinajstić information content (AvgIpc) is 3.37. The Kier molecular flexibility index (Phi) is 6.47. The third kappa shape index (κ3) is 4.95. The Bertz CT molecular complexity index is 1450. The van der Waals surface area contributed by atoms with Gasteiger partial charge in [-0.2, -0.15) is 5.10 Å². The molecule has 2 aliphatic rings. The van der Waals surface area contributed by atoms with Crippen LogP contribution >= 0.6 is 0 Å². The molecule has 2 heterocycles. The van der Waals surface area contributed by atoms with Crippen molar-refractivity contribution in [1.82, 2.24) is 24.8 Å². The summed E-state index contributed by atoms with van der Waals surface area (Å²) in [4.78, 5) is 12.1. The van der Waals surface area contributed by atoms with Gasteiger partial charge in [0.15, 0.2) is 0 Å². The molecule has 4 aromatic rings. The number of benzene rings is 2.